The van der Waals surface area contributed by atoms with Crippen molar-refractivity contribution in [3.05, 3.63) is 66.2 Å². The number of ether oxygens (including phenoxy) is 2. The smallest absolute Gasteiger partial charge is 0.246 e. The molecule has 2 aromatic heterocycles. The third kappa shape index (κ3) is 4.66. The van der Waals surface area contributed by atoms with Crippen molar-refractivity contribution in [2.45, 2.75) is 12.6 Å². The van der Waals surface area contributed by atoms with Gasteiger partial charge in [-0.15, -0.1) is 0 Å². The lowest BCUT2D eigenvalue weighted by atomic mass is 10.1. The number of aromatic nitrogens is 3. The zero-order valence-corrected chi connectivity index (χ0v) is 16.0. The van der Waals surface area contributed by atoms with Gasteiger partial charge in [-0.2, -0.15) is 5.10 Å². The number of anilines is 1. The Hall–Kier alpha value is -3.39. The molecule has 0 spiro atoms. The van der Waals surface area contributed by atoms with Gasteiger partial charge in [0.05, 0.1) is 13.3 Å². The summed E-state index contributed by atoms with van der Waals surface area (Å²) in [5.41, 5.74) is 2.38. The van der Waals surface area contributed by atoms with Crippen LogP contribution < -0.4 is 20.1 Å². The molecule has 0 fully saturated rings. The average molecular weight is 381 g/mol. The van der Waals surface area contributed by atoms with Crippen LogP contribution in [0.4, 0.5) is 5.69 Å². The predicted octanol–water partition coefficient (Wildman–Crippen LogP) is 2.30. The van der Waals surface area contributed by atoms with Gasteiger partial charge in [-0.25, -0.2) is 0 Å². The first-order valence-corrected chi connectivity index (χ1v) is 8.77. The fourth-order valence-corrected chi connectivity index (χ4v) is 2.76. The SMILES string of the molecule is CNC(C(=O)Nc1ccc(OC)c(OCc2ccncc2)c1)c1cnn(C)c1. The Balaban J connectivity index is 1.73. The Labute approximate surface area is 163 Å². The van der Waals surface area contributed by atoms with Crippen molar-refractivity contribution in [2.75, 3.05) is 19.5 Å². The van der Waals surface area contributed by atoms with E-state index >= 15 is 0 Å². The summed E-state index contributed by atoms with van der Waals surface area (Å²) in [6.07, 6.45) is 6.89. The molecule has 0 radical (unpaired) electrons. The first-order chi connectivity index (χ1) is 13.6. The summed E-state index contributed by atoms with van der Waals surface area (Å²) in [6.45, 7) is 0.366. The molecule has 2 heterocycles. The third-order valence-corrected chi connectivity index (χ3v) is 4.18. The van der Waals surface area contributed by atoms with Gasteiger partial charge in [0.1, 0.15) is 12.6 Å². The minimum atomic E-state index is -0.517. The van der Waals surface area contributed by atoms with E-state index in [4.69, 9.17) is 9.47 Å². The average Bonchev–Trinajstić information content (AvgIpc) is 3.13. The number of likely N-dealkylation sites (N-methyl/N-ethyl adjacent to an activating group) is 1. The highest BCUT2D eigenvalue weighted by Crippen LogP contribution is 2.31. The number of hydrogen-bond donors (Lipinski definition) is 2. The Morgan fingerprint density at radius 1 is 1.21 bits per heavy atom. The summed E-state index contributed by atoms with van der Waals surface area (Å²) >= 11 is 0. The number of aryl methyl sites for hydroxylation is 1. The van der Waals surface area contributed by atoms with Gasteiger partial charge >= 0.3 is 0 Å². The number of nitrogens with zero attached hydrogens (tertiary/aromatic N) is 3. The molecule has 0 aliphatic heterocycles. The number of amides is 1. The molecular weight excluding hydrogens is 358 g/mol. The van der Waals surface area contributed by atoms with E-state index in [1.54, 1.807) is 61.8 Å². The van der Waals surface area contributed by atoms with Gasteiger partial charge in [-0.05, 0) is 36.9 Å². The highest BCUT2D eigenvalue weighted by Gasteiger charge is 2.20. The van der Waals surface area contributed by atoms with Crippen LogP contribution in [0.5, 0.6) is 11.5 Å². The van der Waals surface area contributed by atoms with Gasteiger partial charge < -0.3 is 20.1 Å². The van der Waals surface area contributed by atoms with Crippen molar-refractivity contribution in [2.24, 2.45) is 7.05 Å². The van der Waals surface area contributed by atoms with E-state index in [0.29, 0.717) is 23.8 Å². The Morgan fingerprint density at radius 2 is 2.00 bits per heavy atom. The molecule has 3 aromatic rings. The molecule has 0 saturated heterocycles. The van der Waals surface area contributed by atoms with Crippen molar-refractivity contribution in [3.63, 3.8) is 0 Å². The number of hydrogen-bond acceptors (Lipinski definition) is 6. The van der Waals surface area contributed by atoms with Gasteiger partial charge in [0, 0.05) is 43.0 Å². The van der Waals surface area contributed by atoms with Crippen LogP contribution in [-0.2, 0) is 18.4 Å². The van der Waals surface area contributed by atoms with Crippen LogP contribution in [-0.4, -0.2) is 34.8 Å². The zero-order valence-electron chi connectivity index (χ0n) is 16.0. The Morgan fingerprint density at radius 3 is 2.64 bits per heavy atom. The molecule has 0 aliphatic rings. The molecule has 1 aromatic carbocycles. The summed E-state index contributed by atoms with van der Waals surface area (Å²) < 4.78 is 12.9. The van der Waals surface area contributed by atoms with E-state index in [2.05, 4.69) is 20.7 Å². The minimum absolute atomic E-state index is 0.194. The molecule has 1 amide bonds. The topological polar surface area (TPSA) is 90.3 Å². The van der Waals surface area contributed by atoms with E-state index in [9.17, 15) is 4.79 Å². The number of benzene rings is 1. The molecule has 1 unspecified atom stereocenters. The normalized spacial score (nSPS) is 11.7. The molecule has 3 rings (SSSR count). The van der Waals surface area contributed by atoms with Crippen molar-refractivity contribution >= 4 is 11.6 Å². The lowest BCUT2D eigenvalue weighted by Crippen LogP contribution is -2.30. The second-order valence-electron chi connectivity index (χ2n) is 6.17. The Kier molecular flexibility index (Phi) is 6.23. The summed E-state index contributed by atoms with van der Waals surface area (Å²) in [6, 6.07) is 8.51. The first-order valence-electron chi connectivity index (χ1n) is 8.77. The minimum Gasteiger partial charge on any atom is -0.493 e. The molecule has 146 valence electrons. The molecule has 28 heavy (non-hydrogen) atoms. The van der Waals surface area contributed by atoms with Crippen LogP contribution >= 0.6 is 0 Å². The largest absolute Gasteiger partial charge is 0.493 e. The Bertz CT molecular complexity index is 927. The van der Waals surface area contributed by atoms with Crippen molar-refractivity contribution in [1.29, 1.82) is 0 Å². The molecule has 0 aliphatic carbocycles. The van der Waals surface area contributed by atoms with Gasteiger partial charge in [-0.1, -0.05) is 0 Å². The summed E-state index contributed by atoms with van der Waals surface area (Å²) in [4.78, 5) is 16.7. The second-order valence-corrected chi connectivity index (χ2v) is 6.17. The summed E-state index contributed by atoms with van der Waals surface area (Å²) in [7, 11) is 5.12. The number of carbonyl (C=O) groups is 1. The third-order valence-electron chi connectivity index (χ3n) is 4.18. The van der Waals surface area contributed by atoms with E-state index in [1.165, 1.54) is 0 Å². The maximum atomic E-state index is 12.7. The molecular formula is C20H23N5O3. The number of carbonyl (C=O) groups excluding carboxylic acids is 1. The van der Waals surface area contributed by atoms with Crippen LogP contribution in [0.25, 0.3) is 0 Å². The van der Waals surface area contributed by atoms with Gasteiger partial charge in [0.2, 0.25) is 5.91 Å². The van der Waals surface area contributed by atoms with Crippen molar-refractivity contribution in [3.8, 4) is 11.5 Å². The maximum absolute atomic E-state index is 12.7. The first kappa shape index (κ1) is 19.4. The summed E-state index contributed by atoms with van der Waals surface area (Å²) in [5, 5.41) is 10.0. The zero-order chi connectivity index (χ0) is 19.9. The van der Waals surface area contributed by atoms with Crippen LogP contribution in [0.1, 0.15) is 17.2 Å². The quantitative estimate of drug-likeness (QED) is 0.622. The number of pyridine rings is 1. The van der Waals surface area contributed by atoms with E-state index in [1.807, 2.05) is 19.2 Å². The lowest BCUT2D eigenvalue weighted by molar-refractivity contribution is -0.118. The van der Waals surface area contributed by atoms with Crippen LogP contribution in [0, 0.1) is 0 Å². The fourth-order valence-electron chi connectivity index (χ4n) is 2.76. The molecule has 0 bridgehead atoms. The van der Waals surface area contributed by atoms with Gasteiger partial charge in [0.25, 0.3) is 0 Å². The van der Waals surface area contributed by atoms with Crippen molar-refractivity contribution in [1.82, 2.24) is 20.1 Å². The fraction of sp³-hybridized carbons (Fsp3) is 0.250. The van der Waals surface area contributed by atoms with Crippen molar-refractivity contribution < 1.29 is 14.3 Å². The number of nitrogens with one attached hydrogen (secondary N) is 2. The molecule has 2 N–H and O–H groups in total. The maximum Gasteiger partial charge on any atom is 0.246 e. The lowest BCUT2D eigenvalue weighted by Gasteiger charge is -2.16. The van der Waals surface area contributed by atoms with Crippen LogP contribution in [0.3, 0.4) is 0 Å². The molecule has 0 saturated carbocycles. The standard InChI is InChI=1S/C20H23N5O3/c1-21-19(15-11-23-25(2)12-15)20(26)24-16-4-5-17(27-3)18(10-16)28-13-14-6-8-22-9-7-14/h4-12,19,21H,13H2,1-3H3,(H,24,26). The van der Waals surface area contributed by atoms with E-state index < -0.39 is 6.04 Å². The van der Waals surface area contributed by atoms with Gasteiger partial charge in [0.15, 0.2) is 11.5 Å². The van der Waals surface area contributed by atoms with Crippen LogP contribution in [0.2, 0.25) is 0 Å². The van der Waals surface area contributed by atoms with Gasteiger partial charge in [-0.3, -0.25) is 14.5 Å². The number of rotatable bonds is 8. The molecule has 8 nitrogen and oxygen atoms in total. The monoisotopic (exact) mass is 381 g/mol. The van der Waals surface area contributed by atoms with Crippen LogP contribution in [0.15, 0.2) is 55.1 Å². The van der Waals surface area contributed by atoms with E-state index in [0.717, 1.165) is 11.1 Å². The highest BCUT2D eigenvalue weighted by atomic mass is 16.5. The van der Waals surface area contributed by atoms with E-state index in [-0.39, 0.29) is 5.91 Å². The predicted molar refractivity (Wildman–Crippen MR) is 105 cm³/mol. The molecule has 1 atom stereocenters. The highest BCUT2D eigenvalue weighted by molar-refractivity contribution is 5.95. The number of methoxy groups -OCH3 is 1. The second kappa shape index (κ2) is 9.01. The summed E-state index contributed by atoms with van der Waals surface area (Å²) in [5.74, 6) is 0.935. The molecule has 8 heteroatoms.